The minimum Gasteiger partial charge on any atom is -0.496 e. The van der Waals surface area contributed by atoms with Crippen LogP contribution in [0.4, 0.5) is 0 Å². The Morgan fingerprint density at radius 3 is 2.47 bits per heavy atom. The standard InChI is InChI=1S/C14H22N2O/c1-15-14(8-10-16(2)11-9-14)12-6-4-5-7-13(12)17-3/h4-7,15H,8-11H2,1-3H3. The Morgan fingerprint density at radius 2 is 1.88 bits per heavy atom. The Kier molecular flexibility index (Phi) is 3.69. The fourth-order valence-corrected chi connectivity index (χ4v) is 2.69. The lowest BCUT2D eigenvalue weighted by Gasteiger charge is -2.41. The first-order valence-corrected chi connectivity index (χ1v) is 6.23. The number of nitrogens with zero attached hydrogens (tertiary/aromatic N) is 1. The molecule has 1 aromatic carbocycles. The van der Waals surface area contributed by atoms with E-state index in [-0.39, 0.29) is 5.54 Å². The van der Waals surface area contributed by atoms with Gasteiger partial charge in [-0.25, -0.2) is 0 Å². The van der Waals surface area contributed by atoms with Gasteiger partial charge in [-0.15, -0.1) is 0 Å². The second kappa shape index (κ2) is 5.07. The van der Waals surface area contributed by atoms with E-state index in [4.69, 9.17) is 4.74 Å². The van der Waals surface area contributed by atoms with Crippen molar-refractivity contribution in [1.29, 1.82) is 0 Å². The molecule has 0 saturated carbocycles. The van der Waals surface area contributed by atoms with E-state index < -0.39 is 0 Å². The molecule has 0 amide bonds. The number of nitrogens with one attached hydrogen (secondary N) is 1. The summed E-state index contributed by atoms with van der Waals surface area (Å²) in [4.78, 5) is 2.38. The number of hydrogen-bond donors (Lipinski definition) is 1. The maximum atomic E-state index is 5.50. The van der Waals surface area contributed by atoms with Crippen molar-refractivity contribution in [2.24, 2.45) is 0 Å². The average Bonchev–Trinajstić information content (AvgIpc) is 2.40. The number of likely N-dealkylation sites (tertiary alicyclic amines) is 1. The molecule has 1 heterocycles. The van der Waals surface area contributed by atoms with Crippen molar-refractivity contribution in [3.8, 4) is 5.75 Å². The van der Waals surface area contributed by atoms with Crippen molar-refractivity contribution in [1.82, 2.24) is 10.2 Å². The van der Waals surface area contributed by atoms with Crippen LogP contribution < -0.4 is 10.1 Å². The lowest BCUT2D eigenvalue weighted by Crippen LogP contribution is -2.49. The molecule has 0 spiro atoms. The molecule has 0 aliphatic carbocycles. The van der Waals surface area contributed by atoms with Gasteiger partial charge in [0.25, 0.3) is 0 Å². The van der Waals surface area contributed by atoms with Crippen LogP contribution in [0.25, 0.3) is 0 Å². The molecule has 1 saturated heterocycles. The third-order valence-corrected chi connectivity index (χ3v) is 3.94. The first kappa shape index (κ1) is 12.4. The Bertz CT molecular complexity index is 370. The highest BCUT2D eigenvalue weighted by Crippen LogP contribution is 2.37. The zero-order chi connectivity index (χ0) is 12.3. The van der Waals surface area contributed by atoms with Crippen molar-refractivity contribution in [2.45, 2.75) is 18.4 Å². The van der Waals surface area contributed by atoms with Crippen LogP contribution in [-0.2, 0) is 5.54 Å². The van der Waals surface area contributed by atoms with Crippen molar-refractivity contribution in [3.05, 3.63) is 29.8 Å². The molecule has 1 aliphatic heterocycles. The number of ether oxygens (including phenoxy) is 1. The van der Waals surface area contributed by atoms with Gasteiger partial charge < -0.3 is 15.0 Å². The molecule has 17 heavy (non-hydrogen) atoms. The second-order valence-corrected chi connectivity index (χ2v) is 4.84. The largest absolute Gasteiger partial charge is 0.496 e. The molecule has 1 aromatic rings. The van der Waals surface area contributed by atoms with Crippen LogP contribution >= 0.6 is 0 Å². The SMILES string of the molecule is CNC1(c2ccccc2OC)CCN(C)CC1. The van der Waals surface area contributed by atoms with Gasteiger partial charge in [-0.1, -0.05) is 18.2 Å². The number of methoxy groups -OCH3 is 1. The number of hydrogen-bond acceptors (Lipinski definition) is 3. The van der Waals surface area contributed by atoms with Crippen molar-refractivity contribution >= 4 is 0 Å². The molecule has 3 nitrogen and oxygen atoms in total. The molecule has 3 heteroatoms. The van der Waals surface area contributed by atoms with E-state index in [2.05, 4.69) is 36.4 Å². The normalized spacial score (nSPS) is 20.2. The van der Waals surface area contributed by atoms with E-state index in [1.54, 1.807) is 7.11 Å². The molecule has 0 radical (unpaired) electrons. The summed E-state index contributed by atoms with van der Waals surface area (Å²) in [5.74, 6) is 0.992. The van der Waals surface area contributed by atoms with Gasteiger partial charge in [-0.05, 0) is 46.1 Å². The van der Waals surface area contributed by atoms with Crippen LogP contribution in [0.15, 0.2) is 24.3 Å². The van der Waals surface area contributed by atoms with Gasteiger partial charge in [0.2, 0.25) is 0 Å². The molecule has 0 aromatic heterocycles. The molecule has 0 unspecified atom stereocenters. The van der Waals surface area contributed by atoms with Gasteiger partial charge in [0.15, 0.2) is 0 Å². The summed E-state index contributed by atoms with van der Waals surface area (Å²) in [6, 6.07) is 8.35. The van der Waals surface area contributed by atoms with E-state index in [0.717, 1.165) is 31.7 Å². The van der Waals surface area contributed by atoms with Crippen LogP contribution in [0, 0.1) is 0 Å². The molecule has 1 aliphatic rings. The van der Waals surface area contributed by atoms with E-state index >= 15 is 0 Å². The van der Waals surface area contributed by atoms with Crippen LogP contribution in [0.5, 0.6) is 5.75 Å². The van der Waals surface area contributed by atoms with Gasteiger partial charge in [0.1, 0.15) is 5.75 Å². The predicted octanol–water partition coefficient (Wildman–Crippen LogP) is 1.84. The van der Waals surface area contributed by atoms with Gasteiger partial charge in [-0.3, -0.25) is 0 Å². The molecule has 94 valence electrons. The Morgan fingerprint density at radius 1 is 1.24 bits per heavy atom. The Balaban J connectivity index is 2.34. The minimum atomic E-state index is 0.0686. The van der Waals surface area contributed by atoms with E-state index in [9.17, 15) is 0 Å². The summed E-state index contributed by atoms with van der Waals surface area (Å²) in [5.41, 5.74) is 1.36. The maximum Gasteiger partial charge on any atom is 0.123 e. The lowest BCUT2D eigenvalue weighted by molar-refractivity contribution is 0.161. The average molecular weight is 234 g/mol. The van der Waals surface area contributed by atoms with Crippen molar-refractivity contribution in [2.75, 3.05) is 34.3 Å². The molecule has 0 bridgehead atoms. The van der Waals surface area contributed by atoms with Gasteiger partial charge in [0, 0.05) is 11.1 Å². The fraction of sp³-hybridized carbons (Fsp3) is 0.571. The zero-order valence-electron chi connectivity index (χ0n) is 11.0. The maximum absolute atomic E-state index is 5.50. The third-order valence-electron chi connectivity index (χ3n) is 3.94. The summed E-state index contributed by atoms with van der Waals surface area (Å²) in [7, 11) is 5.98. The quantitative estimate of drug-likeness (QED) is 0.863. The molecule has 2 rings (SSSR count). The summed E-state index contributed by atoms with van der Waals surface area (Å²) in [5, 5.41) is 3.52. The van der Waals surface area contributed by atoms with Crippen LogP contribution in [0.1, 0.15) is 18.4 Å². The highest BCUT2D eigenvalue weighted by atomic mass is 16.5. The third kappa shape index (κ3) is 2.31. The molecule has 0 atom stereocenters. The number of piperidine rings is 1. The summed E-state index contributed by atoms with van der Waals surface area (Å²) in [6.07, 6.45) is 2.25. The highest BCUT2D eigenvalue weighted by Gasteiger charge is 2.35. The smallest absolute Gasteiger partial charge is 0.123 e. The number of benzene rings is 1. The predicted molar refractivity (Wildman–Crippen MR) is 70.5 cm³/mol. The molecule has 1 fully saturated rings. The summed E-state index contributed by atoms with van der Waals surface area (Å²) >= 11 is 0. The highest BCUT2D eigenvalue weighted by molar-refractivity contribution is 5.39. The lowest BCUT2D eigenvalue weighted by atomic mass is 9.80. The monoisotopic (exact) mass is 234 g/mol. The number of para-hydroxylation sites is 1. The van der Waals surface area contributed by atoms with Crippen molar-refractivity contribution < 1.29 is 4.74 Å². The van der Waals surface area contributed by atoms with Crippen molar-refractivity contribution in [3.63, 3.8) is 0 Å². The Labute approximate surface area is 104 Å². The zero-order valence-corrected chi connectivity index (χ0v) is 11.0. The second-order valence-electron chi connectivity index (χ2n) is 4.84. The van der Waals surface area contributed by atoms with Crippen LogP contribution in [-0.4, -0.2) is 39.2 Å². The number of rotatable bonds is 3. The van der Waals surface area contributed by atoms with Gasteiger partial charge in [0.05, 0.1) is 7.11 Å². The topological polar surface area (TPSA) is 24.5 Å². The fourth-order valence-electron chi connectivity index (χ4n) is 2.69. The minimum absolute atomic E-state index is 0.0686. The molecular formula is C14H22N2O. The van der Waals surface area contributed by atoms with Crippen LogP contribution in [0.3, 0.4) is 0 Å². The Hall–Kier alpha value is -1.06. The van der Waals surface area contributed by atoms with Crippen LogP contribution in [0.2, 0.25) is 0 Å². The first-order chi connectivity index (χ1) is 8.22. The molecular weight excluding hydrogens is 212 g/mol. The molecule has 1 N–H and O–H groups in total. The van der Waals surface area contributed by atoms with E-state index in [1.807, 2.05) is 12.1 Å². The summed E-state index contributed by atoms with van der Waals surface area (Å²) < 4.78 is 5.50. The van der Waals surface area contributed by atoms with Gasteiger partial charge in [-0.2, -0.15) is 0 Å². The van der Waals surface area contributed by atoms with E-state index in [1.165, 1.54) is 5.56 Å². The first-order valence-electron chi connectivity index (χ1n) is 6.23. The summed E-state index contributed by atoms with van der Waals surface area (Å²) in [6.45, 7) is 2.25. The van der Waals surface area contributed by atoms with E-state index in [0.29, 0.717) is 0 Å². The van der Waals surface area contributed by atoms with Gasteiger partial charge >= 0.3 is 0 Å².